The lowest BCUT2D eigenvalue weighted by molar-refractivity contribution is -0.904. The fraction of sp³-hybridized carbons (Fsp3) is 0.462. The van der Waals surface area contributed by atoms with E-state index < -0.39 is 5.91 Å². The molecule has 6 nitrogen and oxygen atoms in total. The third-order valence-corrected chi connectivity index (χ3v) is 3.39. The maximum atomic E-state index is 12.1. The van der Waals surface area contributed by atoms with Crippen molar-refractivity contribution in [1.29, 1.82) is 0 Å². The number of pyridine rings is 1. The fourth-order valence-electron chi connectivity index (χ4n) is 1.86. The molecule has 2 amide bonds. The number of carbonyl (C=O) groups is 2. The van der Waals surface area contributed by atoms with E-state index >= 15 is 0 Å². The van der Waals surface area contributed by atoms with Crippen molar-refractivity contribution in [3.05, 3.63) is 29.6 Å². The van der Waals surface area contributed by atoms with Crippen molar-refractivity contribution in [3.8, 4) is 0 Å². The zero-order valence-corrected chi connectivity index (χ0v) is 11.3. The number of nitrogens with two attached hydrogens (primary N) is 1. The van der Waals surface area contributed by atoms with Crippen LogP contribution in [0.1, 0.15) is 41.5 Å². The van der Waals surface area contributed by atoms with Gasteiger partial charge in [0.25, 0.3) is 11.8 Å². The second-order valence-corrected chi connectivity index (χ2v) is 5.85. The first-order valence-corrected chi connectivity index (χ1v) is 6.08. The summed E-state index contributed by atoms with van der Waals surface area (Å²) in [5, 5.41) is 9.31. The summed E-state index contributed by atoms with van der Waals surface area (Å²) in [5.41, 5.74) is 6.32. The molecule has 1 aromatic rings. The van der Waals surface area contributed by atoms with Crippen molar-refractivity contribution >= 4 is 11.8 Å². The van der Waals surface area contributed by atoms with Gasteiger partial charge in [0, 0.05) is 23.4 Å². The van der Waals surface area contributed by atoms with E-state index in [0.717, 1.165) is 9.63 Å². The van der Waals surface area contributed by atoms with E-state index in [-0.39, 0.29) is 29.5 Å². The first kappa shape index (κ1) is 13.5. The number of imide groups is 1. The summed E-state index contributed by atoms with van der Waals surface area (Å²) in [6.07, 6.45) is 2.55. The van der Waals surface area contributed by atoms with Crippen LogP contribution < -0.4 is 10.5 Å². The Balaban J connectivity index is 2.28. The minimum Gasteiger partial charge on any atom is -0.326 e. The molecule has 2 rings (SSSR count). The van der Waals surface area contributed by atoms with E-state index in [1.54, 1.807) is 0 Å². The van der Waals surface area contributed by atoms with Gasteiger partial charge in [-0.05, 0) is 5.41 Å². The largest absolute Gasteiger partial charge is 0.326 e. The number of nitrogens with zero attached hydrogens (tertiary/aromatic N) is 2. The second kappa shape index (κ2) is 4.31. The molecule has 1 atom stereocenters. The molecule has 1 aliphatic rings. The fourth-order valence-corrected chi connectivity index (χ4v) is 1.86. The number of carbonyl (C=O) groups excluding carboxylic acids is 2. The van der Waals surface area contributed by atoms with E-state index in [1.807, 2.05) is 20.8 Å². The van der Waals surface area contributed by atoms with Crippen LogP contribution in [0.25, 0.3) is 0 Å². The van der Waals surface area contributed by atoms with Gasteiger partial charge in [-0.3, -0.25) is 19.7 Å². The quantitative estimate of drug-likeness (QED) is 0.453. The molecule has 0 bridgehead atoms. The molecule has 0 spiro atoms. The van der Waals surface area contributed by atoms with Crippen molar-refractivity contribution < 1.29 is 19.5 Å². The molecule has 0 radical (unpaired) electrons. The molecule has 1 aromatic heterocycles. The SMILES string of the molecule is CC(C)(C)[C@H](N)CN1C(=O)c2cc[n+](O)cc2C1=O. The summed E-state index contributed by atoms with van der Waals surface area (Å²) >= 11 is 0. The molecule has 1 aliphatic heterocycles. The minimum absolute atomic E-state index is 0.168. The van der Waals surface area contributed by atoms with Gasteiger partial charge in [0.15, 0.2) is 0 Å². The van der Waals surface area contributed by atoms with E-state index in [4.69, 9.17) is 5.73 Å². The van der Waals surface area contributed by atoms with Crippen molar-refractivity contribution in [2.75, 3.05) is 6.54 Å². The topological polar surface area (TPSA) is 87.5 Å². The Kier molecular flexibility index (Phi) is 3.06. The van der Waals surface area contributed by atoms with Crippen LogP contribution in [0.3, 0.4) is 0 Å². The van der Waals surface area contributed by atoms with Crippen LogP contribution in [-0.2, 0) is 0 Å². The predicted molar refractivity (Wildman–Crippen MR) is 66.6 cm³/mol. The maximum absolute atomic E-state index is 12.1. The summed E-state index contributed by atoms with van der Waals surface area (Å²) < 4.78 is 0.761. The van der Waals surface area contributed by atoms with Crippen LogP contribution in [0.15, 0.2) is 18.5 Å². The highest BCUT2D eigenvalue weighted by Gasteiger charge is 2.40. The van der Waals surface area contributed by atoms with Gasteiger partial charge < -0.3 is 5.73 Å². The molecule has 0 saturated heterocycles. The van der Waals surface area contributed by atoms with Crippen molar-refractivity contribution in [3.63, 3.8) is 0 Å². The maximum Gasteiger partial charge on any atom is 0.267 e. The second-order valence-electron chi connectivity index (χ2n) is 5.85. The standard InChI is InChI=1S/C13H18N3O3/c1-13(2,3)10(14)7-16-11(17)8-4-5-15(19)6-9(8)12(16)18/h4-6,10,19H,7,14H2,1-3H3/q+1/t10-/m1/s1. The van der Waals surface area contributed by atoms with Crippen LogP contribution in [-0.4, -0.2) is 34.5 Å². The molecule has 3 N–H and O–H groups in total. The van der Waals surface area contributed by atoms with Gasteiger partial charge in [0.2, 0.25) is 12.4 Å². The highest BCUT2D eigenvalue weighted by molar-refractivity contribution is 6.21. The number of aromatic nitrogens is 1. The first-order chi connectivity index (χ1) is 8.71. The average molecular weight is 264 g/mol. The van der Waals surface area contributed by atoms with Crippen molar-refractivity contribution in [2.24, 2.45) is 11.1 Å². The third-order valence-electron chi connectivity index (χ3n) is 3.39. The summed E-state index contributed by atoms with van der Waals surface area (Å²) in [7, 11) is 0. The Morgan fingerprint density at radius 1 is 1.32 bits per heavy atom. The molecule has 102 valence electrons. The van der Waals surface area contributed by atoms with Crippen molar-refractivity contribution in [2.45, 2.75) is 26.8 Å². The van der Waals surface area contributed by atoms with Gasteiger partial charge in [-0.2, -0.15) is 0 Å². The first-order valence-electron chi connectivity index (χ1n) is 6.08. The van der Waals surface area contributed by atoms with Crippen LogP contribution in [0, 0.1) is 5.41 Å². The molecular weight excluding hydrogens is 246 g/mol. The molecule has 2 heterocycles. The van der Waals surface area contributed by atoms with Gasteiger partial charge in [-0.15, -0.1) is 0 Å². The van der Waals surface area contributed by atoms with Gasteiger partial charge in [-0.25, -0.2) is 0 Å². The van der Waals surface area contributed by atoms with Crippen LogP contribution in [0.4, 0.5) is 0 Å². The van der Waals surface area contributed by atoms with E-state index in [1.165, 1.54) is 18.5 Å². The number of fused-ring (bicyclic) bond motifs is 1. The van der Waals surface area contributed by atoms with E-state index in [2.05, 4.69) is 0 Å². The predicted octanol–water partition coefficient (Wildman–Crippen LogP) is 0.181. The molecule has 0 aliphatic carbocycles. The Labute approximate surface area is 111 Å². The molecule has 0 unspecified atom stereocenters. The zero-order valence-electron chi connectivity index (χ0n) is 11.3. The van der Waals surface area contributed by atoms with Gasteiger partial charge in [0.1, 0.15) is 5.56 Å². The van der Waals surface area contributed by atoms with Gasteiger partial charge in [0.05, 0.1) is 5.56 Å². The van der Waals surface area contributed by atoms with Crippen LogP contribution in [0.5, 0.6) is 0 Å². The normalized spacial score (nSPS) is 16.7. The molecule has 19 heavy (non-hydrogen) atoms. The summed E-state index contributed by atoms with van der Waals surface area (Å²) in [4.78, 5) is 25.4. The summed E-state index contributed by atoms with van der Waals surface area (Å²) in [5.74, 6) is -0.775. The molecule has 0 fully saturated rings. The highest BCUT2D eigenvalue weighted by atomic mass is 16.5. The van der Waals surface area contributed by atoms with Crippen LogP contribution in [0.2, 0.25) is 0 Å². The lowest BCUT2D eigenvalue weighted by Crippen LogP contribution is -2.47. The lowest BCUT2D eigenvalue weighted by Gasteiger charge is -2.29. The van der Waals surface area contributed by atoms with Gasteiger partial charge >= 0.3 is 0 Å². The van der Waals surface area contributed by atoms with Crippen LogP contribution >= 0.6 is 0 Å². The monoisotopic (exact) mass is 264 g/mol. The Hall–Kier alpha value is -1.95. The summed E-state index contributed by atoms with van der Waals surface area (Å²) in [6, 6.07) is 1.12. The Morgan fingerprint density at radius 3 is 2.47 bits per heavy atom. The zero-order chi connectivity index (χ0) is 14.4. The molecule has 6 heteroatoms. The minimum atomic E-state index is -0.414. The third kappa shape index (κ3) is 2.31. The molecular formula is C13H18N3O3+. The highest BCUT2D eigenvalue weighted by Crippen LogP contribution is 2.24. The van der Waals surface area contributed by atoms with E-state index in [9.17, 15) is 14.8 Å². The lowest BCUT2D eigenvalue weighted by atomic mass is 9.87. The molecule has 0 saturated carbocycles. The smallest absolute Gasteiger partial charge is 0.267 e. The van der Waals surface area contributed by atoms with E-state index in [0.29, 0.717) is 5.56 Å². The van der Waals surface area contributed by atoms with Crippen molar-refractivity contribution in [1.82, 2.24) is 4.90 Å². The van der Waals surface area contributed by atoms with Gasteiger partial charge in [-0.1, -0.05) is 20.8 Å². The number of rotatable bonds is 2. The summed E-state index contributed by atoms with van der Waals surface area (Å²) in [6.45, 7) is 6.04. The Morgan fingerprint density at radius 2 is 1.89 bits per heavy atom. The number of hydrogen-bond donors (Lipinski definition) is 2. The Bertz CT molecular complexity index is 549. The number of amides is 2. The number of hydrogen-bond acceptors (Lipinski definition) is 4. The molecule has 0 aromatic carbocycles. The average Bonchev–Trinajstić information content (AvgIpc) is 2.53.